The van der Waals surface area contributed by atoms with Gasteiger partial charge in [-0.3, -0.25) is 0 Å². The summed E-state index contributed by atoms with van der Waals surface area (Å²) in [5.41, 5.74) is 0.813. The molecule has 1 aromatic rings. The zero-order valence-electron chi connectivity index (χ0n) is 11.0. The van der Waals surface area contributed by atoms with E-state index in [4.69, 9.17) is 11.6 Å². The Balaban J connectivity index is 2.12. The van der Waals surface area contributed by atoms with Crippen LogP contribution in [0.4, 0.5) is 0 Å². The summed E-state index contributed by atoms with van der Waals surface area (Å²) in [7, 11) is -3.19. The smallest absolute Gasteiger partial charge is 0.175 e. The van der Waals surface area contributed by atoms with Crippen molar-refractivity contribution in [2.24, 2.45) is 0 Å². The van der Waals surface area contributed by atoms with Crippen LogP contribution >= 0.6 is 11.6 Å². The van der Waals surface area contributed by atoms with E-state index in [1.54, 1.807) is 18.2 Å². The molecule has 0 amide bonds. The summed E-state index contributed by atoms with van der Waals surface area (Å²) < 4.78 is 23.5. The number of nitrogens with zero attached hydrogens (tertiary/aromatic N) is 1. The van der Waals surface area contributed by atoms with E-state index in [9.17, 15) is 8.42 Å². The second kappa shape index (κ2) is 6.22. The second-order valence-corrected chi connectivity index (χ2v) is 7.29. The maximum absolute atomic E-state index is 11.7. The average molecular weight is 303 g/mol. The molecule has 6 heteroatoms. The summed E-state index contributed by atoms with van der Waals surface area (Å²) in [4.78, 5) is 2.73. The number of nitrogens with one attached hydrogen (secondary N) is 1. The lowest BCUT2D eigenvalue weighted by molar-refractivity contribution is 0.243. The average Bonchev–Trinajstić information content (AvgIpc) is 2.36. The molecule has 0 bridgehead atoms. The molecule has 4 nitrogen and oxygen atoms in total. The van der Waals surface area contributed by atoms with Gasteiger partial charge in [0.25, 0.3) is 0 Å². The summed E-state index contributed by atoms with van der Waals surface area (Å²) in [5.74, 6) is 0. The van der Waals surface area contributed by atoms with Gasteiger partial charge in [0.1, 0.15) is 0 Å². The lowest BCUT2D eigenvalue weighted by atomic mass is 10.1. The Labute approximate surface area is 119 Å². The quantitative estimate of drug-likeness (QED) is 0.908. The van der Waals surface area contributed by atoms with Gasteiger partial charge in [-0.2, -0.15) is 0 Å². The van der Waals surface area contributed by atoms with Crippen LogP contribution in [0.15, 0.2) is 23.1 Å². The highest BCUT2D eigenvalue weighted by Gasteiger charge is 2.15. The Hall–Kier alpha value is -0.620. The van der Waals surface area contributed by atoms with E-state index >= 15 is 0 Å². The van der Waals surface area contributed by atoms with E-state index in [0.717, 1.165) is 38.3 Å². The molecular weight excluding hydrogens is 284 g/mol. The first-order chi connectivity index (χ1) is 8.97. The van der Waals surface area contributed by atoms with Crippen molar-refractivity contribution in [3.63, 3.8) is 0 Å². The molecule has 1 saturated heterocycles. The number of benzene rings is 1. The molecule has 0 aromatic heterocycles. The van der Waals surface area contributed by atoms with Gasteiger partial charge in [0.15, 0.2) is 9.84 Å². The Kier molecular flexibility index (Phi) is 4.84. The van der Waals surface area contributed by atoms with E-state index in [1.807, 2.05) is 0 Å². The molecule has 1 aromatic carbocycles. The fourth-order valence-electron chi connectivity index (χ4n) is 2.32. The first-order valence-electron chi connectivity index (χ1n) is 6.38. The van der Waals surface area contributed by atoms with Crippen molar-refractivity contribution in [2.75, 3.05) is 39.0 Å². The third kappa shape index (κ3) is 4.18. The van der Waals surface area contributed by atoms with Gasteiger partial charge < -0.3 is 10.2 Å². The highest BCUT2D eigenvalue weighted by Crippen LogP contribution is 2.21. The van der Waals surface area contributed by atoms with Gasteiger partial charge in [0.2, 0.25) is 0 Å². The van der Waals surface area contributed by atoms with Crippen LogP contribution in [0.2, 0.25) is 5.02 Å². The van der Waals surface area contributed by atoms with Crippen LogP contribution in [-0.2, 0) is 16.3 Å². The van der Waals surface area contributed by atoms with Crippen molar-refractivity contribution >= 4 is 21.4 Å². The topological polar surface area (TPSA) is 49.4 Å². The predicted molar refractivity (Wildman–Crippen MR) is 77.6 cm³/mol. The summed E-state index contributed by atoms with van der Waals surface area (Å²) in [6.45, 7) is 4.87. The summed E-state index contributed by atoms with van der Waals surface area (Å²) in [6, 6.07) is 5.00. The minimum Gasteiger partial charge on any atom is -0.314 e. The van der Waals surface area contributed by atoms with Crippen LogP contribution in [0, 0.1) is 0 Å². The van der Waals surface area contributed by atoms with Crippen molar-refractivity contribution in [1.82, 2.24) is 10.2 Å². The van der Waals surface area contributed by atoms with Gasteiger partial charge in [0.05, 0.1) is 4.90 Å². The molecule has 0 atom stereocenters. The fraction of sp³-hybridized carbons (Fsp3) is 0.538. The zero-order chi connectivity index (χ0) is 13.9. The van der Waals surface area contributed by atoms with Crippen molar-refractivity contribution in [3.05, 3.63) is 28.8 Å². The molecule has 19 heavy (non-hydrogen) atoms. The molecule has 0 radical (unpaired) electrons. The molecule has 1 N–H and O–H groups in total. The third-order valence-corrected chi connectivity index (χ3v) is 4.76. The standard InChI is InChI=1S/C13H19ClN2O2S/c1-19(17,18)13-3-2-12(14)10-11(13)4-7-16-8-5-15-6-9-16/h2-3,10,15H,4-9H2,1H3. The Bertz CT molecular complexity index is 540. The van der Waals surface area contributed by atoms with Crippen molar-refractivity contribution in [1.29, 1.82) is 0 Å². The van der Waals surface area contributed by atoms with Gasteiger partial charge in [-0.15, -0.1) is 0 Å². The van der Waals surface area contributed by atoms with E-state index in [0.29, 0.717) is 16.3 Å². The van der Waals surface area contributed by atoms with Crippen LogP contribution in [0.5, 0.6) is 0 Å². The molecule has 0 spiro atoms. The highest BCUT2D eigenvalue weighted by molar-refractivity contribution is 7.90. The summed E-state index contributed by atoms with van der Waals surface area (Å²) in [5, 5.41) is 3.88. The van der Waals surface area contributed by atoms with Crippen molar-refractivity contribution in [2.45, 2.75) is 11.3 Å². The first kappa shape index (κ1) is 14.8. The van der Waals surface area contributed by atoms with Crippen LogP contribution in [0.3, 0.4) is 0 Å². The molecule has 1 fully saturated rings. The van der Waals surface area contributed by atoms with Crippen LogP contribution < -0.4 is 5.32 Å². The van der Waals surface area contributed by atoms with Crippen molar-refractivity contribution in [3.8, 4) is 0 Å². The molecule has 0 saturated carbocycles. The molecule has 0 unspecified atom stereocenters. The fourth-order valence-corrected chi connectivity index (χ4v) is 3.47. The van der Waals surface area contributed by atoms with E-state index in [-0.39, 0.29) is 0 Å². The molecule has 2 rings (SSSR count). The first-order valence-corrected chi connectivity index (χ1v) is 8.65. The van der Waals surface area contributed by atoms with E-state index in [1.165, 1.54) is 6.26 Å². The molecule has 1 heterocycles. The van der Waals surface area contributed by atoms with Crippen LogP contribution in [-0.4, -0.2) is 52.3 Å². The Morgan fingerprint density at radius 1 is 1.32 bits per heavy atom. The molecule has 0 aliphatic carbocycles. The van der Waals surface area contributed by atoms with Gasteiger partial charge in [-0.25, -0.2) is 8.42 Å². The zero-order valence-corrected chi connectivity index (χ0v) is 12.6. The number of hydrogen-bond donors (Lipinski definition) is 1. The lowest BCUT2D eigenvalue weighted by Crippen LogP contribution is -2.44. The van der Waals surface area contributed by atoms with Crippen molar-refractivity contribution < 1.29 is 8.42 Å². The molecule has 1 aliphatic heterocycles. The number of rotatable bonds is 4. The number of halogens is 1. The number of piperazine rings is 1. The summed E-state index contributed by atoms with van der Waals surface area (Å²) >= 11 is 5.97. The number of sulfone groups is 1. The Morgan fingerprint density at radius 3 is 2.63 bits per heavy atom. The largest absolute Gasteiger partial charge is 0.314 e. The minimum atomic E-state index is -3.19. The molecule has 1 aliphatic rings. The monoisotopic (exact) mass is 302 g/mol. The van der Waals surface area contributed by atoms with Gasteiger partial charge in [-0.05, 0) is 30.2 Å². The second-order valence-electron chi connectivity index (χ2n) is 4.87. The molecular formula is C13H19ClN2O2S. The maximum atomic E-state index is 11.7. The SMILES string of the molecule is CS(=O)(=O)c1ccc(Cl)cc1CCN1CCNCC1. The van der Waals surface area contributed by atoms with E-state index < -0.39 is 9.84 Å². The Morgan fingerprint density at radius 2 is 2.00 bits per heavy atom. The number of hydrogen-bond acceptors (Lipinski definition) is 4. The maximum Gasteiger partial charge on any atom is 0.175 e. The van der Waals surface area contributed by atoms with E-state index in [2.05, 4.69) is 10.2 Å². The predicted octanol–water partition coefficient (Wildman–Crippen LogP) is 1.19. The summed E-state index contributed by atoms with van der Waals surface area (Å²) in [6.07, 6.45) is 1.95. The van der Waals surface area contributed by atoms with Gasteiger partial charge >= 0.3 is 0 Å². The normalized spacial score (nSPS) is 17.6. The van der Waals surface area contributed by atoms with Crippen LogP contribution in [0.1, 0.15) is 5.56 Å². The lowest BCUT2D eigenvalue weighted by Gasteiger charge is -2.27. The van der Waals surface area contributed by atoms with Crippen LogP contribution in [0.25, 0.3) is 0 Å². The van der Waals surface area contributed by atoms with Gasteiger partial charge in [0, 0.05) is 44.0 Å². The highest BCUT2D eigenvalue weighted by atomic mass is 35.5. The minimum absolute atomic E-state index is 0.395. The molecule has 106 valence electrons. The van der Waals surface area contributed by atoms with Gasteiger partial charge in [-0.1, -0.05) is 11.6 Å². The third-order valence-electron chi connectivity index (χ3n) is 3.33.